The van der Waals surface area contributed by atoms with Crippen molar-refractivity contribution >= 4 is 5.91 Å². The summed E-state index contributed by atoms with van der Waals surface area (Å²) in [5.41, 5.74) is 1.14. The van der Waals surface area contributed by atoms with E-state index in [9.17, 15) is 4.79 Å². The summed E-state index contributed by atoms with van der Waals surface area (Å²) in [6, 6.07) is 0.506. The molecular weight excluding hydrogens is 292 g/mol. The van der Waals surface area contributed by atoms with Crippen molar-refractivity contribution in [2.75, 3.05) is 39.4 Å². The molecule has 23 heavy (non-hydrogen) atoms. The summed E-state index contributed by atoms with van der Waals surface area (Å²) in [5.74, 6) is 0.874. The molecule has 0 aliphatic carbocycles. The summed E-state index contributed by atoms with van der Waals surface area (Å²) >= 11 is 0. The van der Waals surface area contributed by atoms with Crippen LogP contribution in [0.25, 0.3) is 0 Å². The summed E-state index contributed by atoms with van der Waals surface area (Å²) < 4.78 is 7.25. The van der Waals surface area contributed by atoms with Crippen molar-refractivity contribution in [2.45, 2.75) is 32.2 Å². The second-order valence-corrected chi connectivity index (χ2v) is 6.70. The summed E-state index contributed by atoms with van der Waals surface area (Å²) in [5, 5.41) is 4.16. The molecule has 2 aliphatic heterocycles. The Hall–Kier alpha value is -1.40. The lowest BCUT2D eigenvalue weighted by Crippen LogP contribution is -2.47. The van der Waals surface area contributed by atoms with E-state index in [1.54, 1.807) is 4.68 Å². The van der Waals surface area contributed by atoms with Crippen LogP contribution in [-0.4, -0.2) is 70.9 Å². The van der Waals surface area contributed by atoms with Gasteiger partial charge in [0.15, 0.2) is 0 Å². The number of amides is 1. The van der Waals surface area contributed by atoms with Crippen LogP contribution < -0.4 is 0 Å². The fourth-order valence-corrected chi connectivity index (χ4v) is 3.79. The first-order valence-corrected chi connectivity index (χ1v) is 8.74. The van der Waals surface area contributed by atoms with Crippen LogP contribution in [0, 0.1) is 5.92 Å². The zero-order valence-corrected chi connectivity index (χ0v) is 14.3. The summed E-state index contributed by atoms with van der Waals surface area (Å²) in [7, 11) is 1.91. The molecule has 3 heterocycles. The molecule has 0 saturated carbocycles. The first-order valence-electron chi connectivity index (χ1n) is 8.74. The largest absolute Gasteiger partial charge is 0.379 e. The third-order valence-electron chi connectivity index (χ3n) is 5.18. The maximum atomic E-state index is 12.6. The number of nitrogens with zero attached hydrogens (tertiary/aromatic N) is 4. The van der Waals surface area contributed by atoms with Crippen molar-refractivity contribution in [3.05, 3.63) is 18.0 Å². The molecule has 2 aliphatic rings. The highest BCUT2D eigenvalue weighted by Gasteiger charge is 2.37. The minimum atomic E-state index is 0.281. The Morgan fingerprint density at radius 2 is 2.13 bits per heavy atom. The number of likely N-dealkylation sites (tertiary alicyclic amines) is 1. The molecule has 1 aromatic heterocycles. The average molecular weight is 320 g/mol. The maximum absolute atomic E-state index is 12.6. The minimum absolute atomic E-state index is 0.281. The highest BCUT2D eigenvalue weighted by molar-refractivity contribution is 5.76. The van der Waals surface area contributed by atoms with Gasteiger partial charge >= 0.3 is 0 Å². The van der Waals surface area contributed by atoms with Gasteiger partial charge in [0.1, 0.15) is 0 Å². The van der Waals surface area contributed by atoms with Gasteiger partial charge in [0, 0.05) is 51.9 Å². The fraction of sp³-hybridized carbons (Fsp3) is 0.765. The van der Waals surface area contributed by atoms with Crippen LogP contribution in [0.2, 0.25) is 0 Å². The topological polar surface area (TPSA) is 50.6 Å². The normalized spacial score (nSPS) is 25.9. The van der Waals surface area contributed by atoms with E-state index in [2.05, 4.69) is 21.8 Å². The average Bonchev–Trinajstić information content (AvgIpc) is 3.19. The van der Waals surface area contributed by atoms with E-state index < -0.39 is 0 Å². The number of ether oxygens (including phenoxy) is 1. The Morgan fingerprint density at radius 3 is 2.78 bits per heavy atom. The van der Waals surface area contributed by atoms with Crippen LogP contribution in [0.1, 0.15) is 25.3 Å². The van der Waals surface area contributed by atoms with Crippen LogP contribution in [0.5, 0.6) is 0 Å². The highest BCUT2D eigenvalue weighted by atomic mass is 16.5. The molecule has 1 aromatic rings. The number of morpholine rings is 1. The number of carbonyl (C=O) groups is 1. The first kappa shape index (κ1) is 16.5. The van der Waals surface area contributed by atoms with Gasteiger partial charge < -0.3 is 9.64 Å². The molecule has 1 amide bonds. The number of aryl methyl sites for hydroxylation is 2. The number of hydrogen-bond donors (Lipinski definition) is 0. The summed E-state index contributed by atoms with van der Waals surface area (Å²) in [4.78, 5) is 17.2. The molecule has 0 N–H and O–H groups in total. The summed E-state index contributed by atoms with van der Waals surface area (Å²) in [6.07, 6.45) is 6.33. The number of carbonyl (C=O) groups excluding carboxylic acids is 1. The van der Waals surface area contributed by atoms with Crippen molar-refractivity contribution < 1.29 is 9.53 Å². The zero-order valence-electron chi connectivity index (χ0n) is 14.3. The standard InChI is InChI=1S/C17H28N4O2/c1-3-15-12-21(13-16(15)20-6-8-23-9-7-20)17(22)5-4-14-10-18-19(2)11-14/h10-11,15-16H,3-9,12-13H2,1-2H3/t15-,16-/m1/s1. The van der Waals surface area contributed by atoms with Gasteiger partial charge in [-0.3, -0.25) is 14.4 Å². The lowest BCUT2D eigenvalue weighted by Gasteiger charge is -2.34. The monoisotopic (exact) mass is 320 g/mol. The first-order chi connectivity index (χ1) is 11.2. The SMILES string of the molecule is CC[C@@H]1CN(C(=O)CCc2cnn(C)c2)C[C@H]1N1CCOCC1. The van der Waals surface area contributed by atoms with E-state index in [1.807, 2.05) is 19.4 Å². The lowest BCUT2D eigenvalue weighted by atomic mass is 9.99. The molecule has 0 bridgehead atoms. The van der Waals surface area contributed by atoms with Crippen molar-refractivity contribution in [1.29, 1.82) is 0 Å². The Labute approximate surface area is 138 Å². The molecule has 6 heteroatoms. The van der Waals surface area contributed by atoms with Gasteiger partial charge in [-0.15, -0.1) is 0 Å². The van der Waals surface area contributed by atoms with Gasteiger partial charge in [-0.25, -0.2) is 0 Å². The number of hydrogen-bond acceptors (Lipinski definition) is 4. The van der Waals surface area contributed by atoms with Crippen molar-refractivity contribution in [1.82, 2.24) is 19.6 Å². The quantitative estimate of drug-likeness (QED) is 0.810. The zero-order chi connectivity index (χ0) is 16.2. The third-order valence-corrected chi connectivity index (χ3v) is 5.18. The maximum Gasteiger partial charge on any atom is 0.222 e. The Kier molecular flexibility index (Phi) is 5.33. The molecule has 128 valence electrons. The van der Waals surface area contributed by atoms with Gasteiger partial charge in [-0.2, -0.15) is 5.10 Å². The number of aromatic nitrogens is 2. The molecule has 0 radical (unpaired) electrons. The van der Waals surface area contributed by atoms with Crippen molar-refractivity contribution in [3.8, 4) is 0 Å². The van der Waals surface area contributed by atoms with E-state index in [4.69, 9.17) is 4.74 Å². The highest BCUT2D eigenvalue weighted by Crippen LogP contribution is 2.26. The lowest BCUT2D eigenvalue weighted by molar-refractivity contribution is -0.130. The van der Waals surface area contributed by atoms with Crippen LogP contribution >= 0.6 is 0 Å². The smallest absolute Gasteiger partial charge is 0.222 e. The fourth-order valence-electron chi connectivity index (χ4n) is 3.79. The number of rotatable bonds is 5. The van der Waals surface area contributed by atoms with Crippen LogP contribution in [0.4, 0.5) is 0 Å². The molecule has 0 unspecified atom stereocenters. The third kappa shape index (κ3) is 3.93. The molecular formula is C17H28N4O2. The van der Waals surface area contributed by atoms with E-state index in [-0.39, 0.29) is 5.91 Å². The van der Waals surface area contributed by atoms with Crippen molar-refractivity contribution in [3.63, 3.8) is 0 Å². The van der Waals surface area contributed by atoms with Gasteiger partial charge in [-0.05, 0) is 17.9 Å². The van der Waals surface area contributed by atoms with Gasteiger partial charge in [0.2, 0.25) is 5.91 Å². The van der Waals surface area contributed by atoms with Crippen LogP contribution in [0.15, 0.2) is 12.4 Å². The predicted molar refractivity (Wildman–Crippen MR) is 88.1 cm³/mol. The van der Waals surface area contributed by atoms with E-state index in [1.165, 1.54) is 0 Å². The van der Waals surface area contributed by atoms with Crippen molar-refractivity contribution in [2.24, 2.45) is 13.0 Å². The predicted octanol–water partition coefficient (Wildman–Crippen LogP) is 0.922. The second kappa shape index (κ2) is 7.45. The Bertz CT molecular complexity index is 524. The minimum Gasteiger partial charge on any atom is -0.379 e. The molecule has 2 fully saturated rings. The van der Waals surface area contributed by atoms with Gasteiger partial charge in [0.25, 0.3) is 0 Å². The second-order valence-electron chi connectivity index (χ2n) is 6.70. The summed E-state index contributed by atoms with van der Waals surface area (Å²) in [6.45, 7) is 7.66. The molecule has 0 aromatic carbocycles. The Morgan fingerprint density at radius 1 is 1.35 bits per heavy atom. The molecule has 3 rings (SSSR count). The molecule has 2 atom stereocenters. The van der Waals surface area contributed by atoms with Crippen LogP contribution in [-0.2, 0) is 23.0 Å². The molecule has 6 nitrogen and oxygen atoms in total. The molecule has 0 spiro atoms. The van der Waals surface area contributed by atoms with Crippen LogP contribution in [0.3, 0.4) is 0 Å². The van der Waals surface area contributed by atoms with Gasteiger partial charge in [0.05, 0.1) is 19.4 Å². The van der Waals surface area contributed by atoms with E-state index in [0.717, 1.165) is 57.8 Å². The van der Waals surface area contributed by atoms with Gasteiger partial charge in [-0.1, -0.05) is 13.3 Å². The van der Waals surface area contributed by atoms with E-state index >= 15 is 0 Å². The van der Waals surface area contributed by atoms with E-state index in [0.29, 0.717) is 18.4 Å². The Balaban J connectivity index is 1.54. The molecule has 2 saturated heterocycles.